The molecule has 6 heterocycles. The second kappa shape index (κ2) is 15.3. The molecule has 0 saturated carbocycles. The number of anilines is 1. The van der Waals surface area contributed by atoms with Gasteiger partial charge in [0.15, 0.2) is 23.9 Å². The molecule has 1 aromatic carbocycles. The average molecular weight is 744 g/mol. The van der Waals surface area contributed by atoms with Crippen LogP contribution in [0.15, 0.2) is 55.0 Å². The van der Waals surface area contributed by atoms with Crippen molar-refractivity contribution in [1.29, 1.82) is 0 Å². The van der Waals surface area contributed by atoms with Gasteiger partial charge in [-0.15, -0.1) is 11.3 Å². The fourth-order valence-electron chi connectivity index (χ4n) is 6.76. The Labute approximate surface area is 303 Å². The standard InChI is InChI=1S/C35H36Cl2N4O8S/c1-46-29-7-6-21(13-30(29)47-2)23(15-25-26(36)17-40(45)18-27(25)37)24-14-22(50-32(24)34(42)43)16-41(28-5-4-10-38-33(28)48-3)35(44)49-31-19-39-11-8-20(31)9-12-39/h4-7,10,13-14,17-18,20,23,31H,8-9,11-12,15-16,19H2,1-3H3,(H,42,43)/t23-,31-/m0/s1. The van der Waals surface area contributed by atoms with Crippen LogP contribution in [0, 0.1) is 11.1 Å². The summed E-state index contributed by atoms with van der Waals surface area (Å²) in [6.45, 7) is 2.64. The lowest BCUT2D eigenvalue weighted by Gasteiger charge is -2.44. The summed E-state index contributed by atoms with van der Waals surface area (Å²) < 4.78 is 23.2. The van der Waals surface area contributed by atoms with Gasteiger partial charge in [-0.05, 0) is 79.7 Å². The molecule has 4 aromatic rings. The van der Waals surface area contributed by atoms with Gasteiger partial charge in [0, 0.05) is 29.1 Å². The number of carboxylic acids is 1. The lowest BCUT2D eigenvalue weighted by atomic mass is 9.85. The van der Waals surface area contributed by atoms with Crippen molar-refractivity contribution < 1.29 is 38.4 Å². The van der Waals surface area contributed by atoms with Crippen molar-refractivity contribution >= 4 is 52.3 Å². The molecule has 3 saturated heterocycles. The molecule has 50 heavy (non-hydrogen) atoms. The van der Waals surface area contributed by atoms with Crippen LogP contribution in [-0.2, 0) is 17.7 Å². The van der Waals surface area contributed by atoms with Crippen molar-refractivity contribution in [2.45, 2.75) is 37.8 Å². The first-order valence-electron chi connectivity index (χ1n) is 15.9. The van der Waals surface area contributed by atoms with Crippen LogP contribution in [0.25, 0.3) is 0 Å². The average Bonchev–Trinajstić information content (AvgIpc) is 3.54. The van der Waals surface area contributed by atoms with Gasteiger partial charge < -0.3 is 29.3 Å². The molecule has 3 aliphatic rings. The Morgan fingerprint density at radius 2 is 1.80 bits per heavy atom. The Morgan fingerprint density at radius 3 is 2.42 bits per heavy atom. The first-order chi connectivity index (χ1) is 24.1. The molecule has 1 amide bonds. The number of benzene rings is 1. The summed E-state index contributed by atoms with van der Waals surface area (Å²) in [5.74, 6) is -0.335. The third-order valence-electron chi connectivity index (χ3n) is 9.28. The number of thiophene rings is 1. The zero-order valence-corrected chi connectivity index (χ0v) is 30.0. The van der Waals surface area contributed by atoms with E-state index in [0.717, 1.165) is 37.3 Å². The van der Waals surface area contributed by atoms with Crippen LogP contribution < -0.4 is 23.8 Å². The summed E-state index contributed by atoms with van der Waals surface area (Å²) in [6, 6.07) is 10.5. The third kappa shape index (κ3) is 7.41. The number of carbonyl (C=O) groups excluding carboxylic acids is 1. The first-order valence-corrected chi connectivity index (χ1v) is 17.5. The number of fused-ring (bicyclic) bond motifs is 3. The quantitative estimate of drug-likeness (QED) is 0.128. The molecule has 3 aromatic heterocycles. The maximum atomic E-state index is 14.0. The molecule has 0 radical (unpaired) electrons. The van der Waals surface area contributed by atoms with E-state index in [2.05, 4.69) is 9.88 Å². The molecule has 2 atom stereocenters. The van der Waals surface area contributed by atoms with E-state index in [1.165, 1.54) is 38.6 Å². The molecule has 7 rings (SSSR count). The van der Waals surface area contributed by atoms with Crippen LogP contribution in [0.5, 0.6) is 17.4 Å². The molecule has 3 aliphatic heterocycles. The summed E-state index contributed by atoms with van der Waals surface area (Å²) in [6.07, 6.45) is 5.20. The van der Waals surface area contributed by atoms with Crippen LogP contribution >= 0.6 is 34.5 Å². The first kappa shape index (κ1) is 35.5. The molecule has 0 unspecified atom stereocenters. The molecule has 3 fully saturated rings. The second-order valence-corrected chi connectivity index (χ2v) is 14.1. The van der Waals surface area contributed by atoms with E-state index in [0.29, 0.717) is 50.0 Å². The highest BCUT2D eigenvalue weighted by atomic mass is 35.5. The van der Waals surface area contributed by atoms with Gasteiger partial charge in [0.05, 0.1) is 27.9 Å². The van der Waals surface area contributed by atoms with E-state index in [1.54, 1.807) is 36.5 Å². The number of halogens is 2. The number of aromatic nitrogens is 2. The molecule has 15 heteroatoms. The van der Waals surface area contributed by atoms with Crippen LogP contribution in [0.2, 0.25) is 10.0 Å². The summed E-state index contributed by atoms with van der Waals surface area (Å²) in [5.41, 5.74) is 2.00. The summed E-state index contributed by atoms with van der Waals surface area (Å²) in [7, 11) is 4.50. The number of ether oxygens (including phenoxy) is 4. The lowest BCUT2D eigenvalue weighted by molar-refractivity contribution is -0.605. The number of hydrogen-bond acceptors (Lipinski definition) is 10. The van der Waals surface area contributed by atoms with Gasteiger partial charge in [0.25, 0.3) is 0 Å². The van der Waals surface area contributed by atoms with Gasteiger partial charge in [-0.1, -0.05) is 29.3 Å². The number of methoxy groups -OCH3 is 3. The number of aromatic carboxylic acids is 1. The van der Waals surface area contributed by atoms with Gasteiger partial charge in [-0.25, -0.2) is 14.6 Å². The third-order valence-corrected chi connectivity index (χ3v) is 11.1. The number of hydrogen-bond donors (Lipinski definition) is 1. The Balaban J connectivity index is 1.42. The molecule has 0 spiro atoms. The minimum absolute atomic E-state index is 0.0192. The highest BCUT2D eigenvalue weighted by Crippen LogP contribution is 2.42. The Kier molecular flexibility index (Phi) is 10.9. The number of pyridine rings is 2. The van der Waals surface area contributed by atoms with Crippen molar-refractivity contribution in [1.82, 2.24) is 9.88 Å². The highest BCUT2D eigenvalue weighted by molar-refractivity contribution is 7.14. The summed E-state index contributed by atoms with van der Waals surface area (Å²) in [5, 5.41) is 22.8. The van der Waals surface area contributed by atoms with Crippen molar-refractivity contribution in [2.75, 3.05) is 45.9 Å². The molecule has 2 bridgehead atoms. The number of nitrogens with zero attached hydrogens (tertiary/aromatic N) is 4. The van der Waals surface area contributed by atoms with E-state index in [-0.39, 0.29) is 45.8 Å². The maximum Gasteiger partial charge on any atom is 0.415 e. The molecule has 1 N–H and O–H groups in total. The van der Waals surface area contributed by atoms with Gasteiger partial charge in [0.1, 0.15) is 26.7 Å². The number of rotatable bonds is 12. The SMILES string of the molecule is COc1ccc([C@H](Cc2c(Cl)c[n+]([O-])cc2Cl)c2cc(CN(C(=O)O[C@H]3CN4CCC3CC4)c3cccnc3OC)sc2C(=O)O)cc1OC. The van der Waals surface area contributed by atoms with Crippen molar-refractivity contribution in [3.05, 3.63) is 96.7 Å². The van der Waals surface area contributed by atoms with E-state index < -0.39 is 18.0 Å². The minimum atomic E-state index is -1.15. The Bertz CT molecular complexity index is 1860. The fraction of sp³-hybridized carbons (Fsp3) is 0.371. The summed E-state index contributed by atoms with van der Waals surface area (Å²) in [4.78, 5) is 35.6. The Hall–Kier alpha value is -4.30. The second-order valence-electron chi connectivity index (χ2n) is 12.1. The van der Waals surface area contributed by atoms with E-state index >= 15 is 0 Å². The topological polar surface area (TPSA) is 138 Å². The smallest absolute Gasteiger partial charge is 0.415 e. The monoisotopic (exact) mass is 742 g/mol. The molecule has 264 valence electrons. The normalized spacial score (nSPS) is 18.7. The van der Waals surface area contributed by atoms with Gasteiger partial charge in [0.2, 0.25) is 5.88 Å². The van der Waals surface area contributed by atoms with Crippen LogP contribution in [-0.4, -0.2) is 74.1 Å². The van der Waals surface area contributed by atoms with Gasteiger partial charge in [-0.3, -0.25) is 9.80 Å². The van der Waals surface area contributed by atoms with Crippen LogP contribution in [0.1, 0.15) is 50.0 Å². The van der Waals surface area contributed by atoms with Crippen molar-refractivity contribution in [3.8, 4) is 17.4 Å². The van der Waals surface area contributed by atoms with Gasteiger partial charge >= 0.3 is 12.1 Å². The number of amides is 1. The van der Waals surface area contributed by atoms with Crippen LogP contribution in [0.4, 0.5) is 10.5 Å². The number of carboxylic acid groups (broad SMARTS) is 1. The maximum absolute atomic E-state index is 14.0. The van der Waals surface area contributed by atoms with E-state index in [4.69, 9.17) is 42.1 Å². The van der Waals surface area contributed by atoms with Gasteiger partial charge in [-0.2, -0.15) is 4.73 Å². The number of piperidine rings is 3. The van der Waals surface area contributed by atoms with Crippen molar-refractivity contribution in [3.63, 3.8) is 0 Å². The van der Waals surface area contributed by atoms with Crippen molar-refractivity contribution in [2.24, 2.45) is 5.92 Å². The van der Waals surface area contributed by atoms with E-state index in [9.17, 15) is 19.9 Å². The number of carbonyl (C=O) groups is 2. The molecular weight excluding hydrogens is 707 g/mol. The molecule has 12 nitrogen and oxygen atoms in total. The fourth-order valence-corrected chi connectivity index (χ4v) is 8.40. The predicted octanol–water partition coefficient (Wildman–Crippen LogP) is 6.42. The highest BCUT2D eigenvalue weighted by Gasteiger charge is 2.38. The zero-order valence-electron chi connectivity index (χ0n) is 27.6. The van der Waals surface area contributed by atoms with E-state index in [1.807, 2.05) is 6.07 Å². The minimum Gasteiger partial charge on any atom is -0.619 e. The zero-order chi connectivity index (χ0) is 35.5. The summed E-state index contributed by atoms with van der Waals surface area (Å²) >= 11 is 14.1. The molecule has 0 aliphatic carbocycles. The largest absolute Gasteiger partial charge is 0.619 e. The molecular formula is C35H36Cl2N4O8S. The lowest BCUT2D eigenvalue weighted by Crippen LogP contribution is -2.53. The Morgan fingerprint density at radius 1 is 1.08 bits per heavy atom. The van der Waals surface area contributed by atoms with Crippen LogP contribution in [0.3, 0.4) is 0 Å². The predicted molar refractivity (Wildman–Crippen MR) is 188 cm³/mol.